The average Bonchev–Trinajstić information content (AvgIpc) is 3.76. The van der Waals surface area contributed by atoms with Crippen molar-refractivity contribution in [1.29, 1.82) is 0 Å². The summed E-state index contributed by atoms with van der Waals surface area (Å²) in [4.78, 5) is 38.7. The summed E-state index contributed by atoms with van der Waals surface area (Å²) in [7, 11) is 1.30. The first-order chi connectivity index (χ1) is 19.1. The third kappa shape index (κ3) is 6.03. The second kappa shape index (κ2) is 11.2. The fourth-order valence-electron chi connectivity index (χ4n) is 5.47. The summed E-state index contributed by atoms with van der Waals surface area (Å²) in [5.41, 5.74) is 5.44. The van der Waals surface area contributed by atoms with E-state index in [-0.39, 0.29) is 37.4 Å². The Morgan fingerprint density at radius 3 is 2.50 bits per heavy atom. The van der Waals surface area contributed by atoms with E-state index >= 15 is 0 Å². The van der Waals surface area contributed by atoms with Crippen LogP contribution in [-0.2, 0) is 33.8 Å². The molecule has 2 unspecified atom stereocenters. The number of carbonyl (C=O) groups is 3. The Hall–Kier alpha value is -4.14. The van der Waals surface area contributed by atoms with Crippen molar-refractivity contribution in [1.82, 2.24) is 10.2 Å². The number of hydrogen-bond acceptors (Lipinski definition) is 4. The minimum atomic E-state index is -4.59. The quantitative estimate of drug-likeness (QED) is 0.400. The van der Waals surface area contributed by atoms with E-state index in [9.17, 15) is 27.6 Å². The van der Waals surface area contributed by atoms with Crippen LogP contribution in [-0.4, -0.2) is 42.5 Å². The van der Waals surface area contributed by atoms with Crippen molar-refractivity contribution in [2.45, 2.75) is 44.4 Å². The summed E-state index contributed by atoms with van der Waals surface area (Å²) >= 11 is 0. The van der Waals surface area contributed by atoms with Crippen molar-refractivity contribution >= 4 is 17.8 Å². The van der Waals surface area contributed by atoms with Crippen molar-refractivity contribution in [2.24, 2.45) is 5.92 Å². The van der Waals surface area contributed by atoms with Crippen LogP contribution in [0.1, 0.15) is 51.4 Å². The summed E-state index contributed by atoms with van der Waals surface area (Å²) < 4.78 is 43.7. The summed E-state index contributed by atoms with van der Waals surface area (Å²) in [6.45, 7) is 0.348. The van der Waals surface area contributed by atoms with Crippen molar-refractivity contribution in [3.05, 3.63) is 94.5 Å². The Bertz CT molecular complexity index is 1440. The van der Waals surface area contributed by atoms with Gasteiger partial charge >= 0.3 is 12.1 Å². The minimum Gasteiger partial charge on any atom is -0.465 e. The van der Waals surface area contributed by atoms with Crippen molar-refractivity contribution < 1.29 is 32.3 Å². The van der Waals surface area contributed by atoms with E-state index in [1.54, 1.807) is 18.2 Å². The van der Waals surface area contributed by atoms with Crippen molar-refractivity contribution in [2.75, 3.05) is 13.7 Å². The number of ether oxygens (including phenoxy) is 1. The lowest BCUT2D eigenvalue weighted by molar-refractivity contribution is -0.162. The number of hydrogen-bond donors (Lipinski definition) is 1. The highest BCUT2D eigenvalue weighted by Crippen LogP contribution is 2.47. The Morgan fingerprint density at radius 1 is 1.00 bits per heavy atom. The lowest BCUT2D eigenvalue weighted by atomic mass is 9.87. The molecule has 2 aliphatic rings. The third-order valence-corrected chi connectivity index (χ3v) is 7.62. The molecule has 1 aliphatic heterocycles. The molecule has 0 bridgehead atoms. The molecule has 6 nitrogen and oxygen atoms in total. The van der Waals surface area contributed by atoms with Gasteiger partial charge in [0.15, 0.2) is 0 Å². The SMILES string of the molecule is COC(=O)c1cccc(-c2ccc(CNC(=O)C3CC3c3ccccc3)c3c2CCN(C(=O)CC(F)(F)F)C3)c1. The zero-order chi connectivity index (χ0) is 28.4. The van der Waals surface area contributed by atoms with Gasteiger partial charge in [-0.25, -0.2) is 4.79 Å². The van der Waals surface area contributed by atoms with Crippen LogP contribution in [0.25, 0.3) is 11.1 Å². The van der Waals surface area contributed by atoms with Gasteiger partial charge in [-0.15, -0.1) is 0 Å². The smallest absolute Gasteiger partial charge is 0.397 e. The highest BCUT2D eigenvalue weighted by Gasteiger charge is 2.43. The van der Waals surface area contributed by atoms with Gasteiger partial charge in [0.2, 0.25) is 11.8 Å². The first kappa shape index (κ1) is 27.4. The minimum absolute atomic E-state index is 0.00997. The van der Waals surface area contributed by atoms with Gasteiger partial charge in [-0.05, 0) is 64.3 Å². The van der Waals surface area contributed by atoms with E-state index in [0.29, 0.717) is 12.0 Å². The number of benzene rings is 3. The second-order valence-electron chi connectivity index (χ2n) is 10.2. The maximum Gasteiger partial charge on any atom is 0.397 e. The van der Waals surface area contributed by atoms with Crippen LogP contribution < -0.4 is 5.32 Å². The standard InChI is InChI=1S/C31H29F3N2O4/c1-40-30(39)21-9-5-8-20(14-21)23-11-10-22(17-35-29(38)26-15-25(26)19-6-3-2-4-7-19)27-18-36(13-12-24(23)27)28(37)16-31(32,33)34/h2-11,14,25-26H,12-13,15-18H2,1H3,(H,35,38). The normalized spacial score (nSPS) is 18.1. The first-order valence-corrected chi connectivity index (χ1v) is 13.1. The molecule has 9 heteroatoms. The predicted molar refractivity (Wildman–Crippen MR) is 142 cm³/mol. The number of alkyl halides is 3. The largest absolute Gasteiger partial charge is 0.465 e. The first-order valence-electron chi connectivity index (χ1n) is 13.1. The maximum atomic E-state index is 13.0. The Morgan fingerprint density at radius 2 is 1.77 bits per heavy atom. The van der Waals surface area contributed by atoms with Crippen LogP contribution in [0.15, 0.2) is 66.7 Å². The van der Waals surface area contributed by atoms with Gasteiger partial charge < -0.3 is 15.0 Å². The monoisotopic (exact) mass is 550 g/mol. The molecular weight excluding hydrogens is 521 g/mol. The molecule has 1 aliphatic carbocycles. The molecule has 2 amide bonds. The average molecular weight is 551 g/mol. The molecular formula is C31H29F3N2O4. The van der Waals surface area contributed by atoms with Gasteiger partial charge in [-0.2, -0.15) is 13.2 Å². The van der Waals surface area contributed by atoms with Gasteiger partial charge in [0.05, 0.1) is 12.7 Å². The number of rotatable bonds is 7. The second-order valence-corrected chi connectivity index (χ2v) is 10.2. The van der Waals surface area contributed by atoms with Crippen molar-refractivity contribution in [3.63, 3.8) is 0 Å². The summed E-state index contributed by atoms with van der Waals surface area (Å²) in [6, 6.07) is 20.5. The van der Waals surface area contributed by atoms with E-state index in [2.05, 4.69) is 5.32 Å². The summed E-state index contributed by atoms with van der Waals surface area (Å²) in [5, 5.41) is 3.00. The summed E-state index contributed by atoms with van der Waals surface area (Å²) in [6.07, 6.45) is -5.00. The van der Waals surface area contributed by atoms with E-state index < -0.39 is 24.5 Å². The van der Waals surface area contributed by atoms with Gasteiger partial charge in [-0.1, -0.05) is 54.6 Å². The lowest BCUT2D eigenvalue weighted by Gasteiger charge is -2.32. The highest BCUT2D eigenvalue weighted by molar-refractivity contribution is 5.91. The Labute approximate surface area is 230 Å². The zero-order valence-electron chi connectivity index (χ0n) is 22.0. The van der Waals surface area contributed by atoms with Crippen LogP contribution in [0.4, 0.5) is 13.2 Å². The molecule has 0 spiro atoms. The Kier molecular flexibility index (Phi) is 7.65. The van der Waals surface area contributed by atoms with Gasteiger partial charge in [0.1, 0.15) is 6.42 Å². The number of methoxy groups -OCH3 is 1. The molecule has 1 fully saturated rings. The fourth-order valence-corrected chi connectivity index (χ4v) is 5.47. The third-order valence-electron chi connectivity index (χ3n) is 7.62. The molecule has 5 rings (SSSR count). The van der Waals surface area contributed by atoms with Gasteiger partial charge in [0, 0.05) is 25.6 Å². The molecule has 40 heavy (non-hydrogen) atoms. The van der Waals surface area contributed by atoms with Crippen LogP contribution in [0, 0.1) is 5.92 Å². The number of esters is 1. The van der Waals surface area contributed by atoms with Crippen molar-refractivity contribution in [3.8, 4) is 11.1 Å². The number of amides is 2. The maximum absolute atomic E-state index is 13.0. The van der Waals surface area contributed by atoms with E-state index in [1.807, 2.05) is 48.5 Å². The molecule has 0 aromatic heterocycles. The molecule has 208 valence electrons. The van der Waals surface area contributed by atoms with E-state index in [1.165, 1.54) is 12.0 Å². The molecule has 1 saturated carbocycles. The number of halogens is 3. The lowest BCUT2D eigenvalue weighted by Crippen LogP contribution is -2.39. The molecule has 3 aromatic carbocycles. The van der Waals surface area contributed by atoms with E-state index in [0.717, 1.165) is 39.8 Å². The molecule has 0 saturated heterocycles. The van der Waals surface area contributed by atoms with Gasteiger partial charge in [-0.3, -0.25) is 9.59 Å². The molecule has 0 radical (unpaired) electrons. The highest BCUT2D eigenvalue weighted by atomic mass is 19.4. The number of fused-ring (bicyclic) bond motifs is 1. The zero-order valence-corrected chi connectivity index (χ0v) is 22.0. The number of nitrogens with zero attached hydrogens (tertiary/aromatic N) is 1. The molecule has 1 N–H and O–H groups in total. The van der Waals surface area contributed by atoms with Crippen LogP contribution in [0.5, 0.6) is 0 Å². The topological polar surface area (TPSA) is 75.7 Å². The van der Waals surface area contributed by atoms with Crippen LogP contribution >= 0.6 is 0 Å². The molecule has 2 atom stereocenters. The number of carbonyl (C=O) groups excluding carboxylic acids is 3. The van der Waals surface area contributed by atoms with E-state index in [4.69, 9.17) is 4.74 Å². The summed E-state index contributed by atoms with van der Waals surface area (Å²) in [5.74, 6) is -1.47. The molecule has 1 heterocycles. The van der Waals surface area contributed by atoms with Gasteiger partial charge in [0.25, 0.3) is 0 Å². The fraction of sp³-hybridized carbons (Fsp3) is 0.323. The van der Waals surface area contributed by atoms with Crippen LogP contribution in [0.3, 0.4) is 0 Å². The van der Waals surface area contributed by atoms with Crippen LogP contribution in [0.2, 0.25) is 0 Å². The molecule has 3 aromatic rings. The number of nitrogens with one attached hydrogen (secondary N) is 1. The predicted octanol–water partition coefficient (Wildman–Crippen LogP) is 5.40. The Balaban J connectivity index is 1.40.